The Morgan fingerprint density at radius 1 is 1.47 bits per heavy atom. The highest BCUT2D eigenvalue weighted by molar-refractivity contribution is 7.94. The maximum atomic E-state index is 12.0. The molecule has 0 spiro atoms. The second kappa shape index (κ2) is 4.14. The van der Waals surface area contributed by atoms with Crippen molar-refractivity contribution in [3.05, 3.63) is 11.5 Å². The first-order chi connectivity index (χ1) is 7.93. The molecule has 2 rings (SSSR count). The fourth-order valence-electron chi connectivity index (χ4n) is 2.05. The molecule has 0 aromatic heterocycles. The first-order valence-corrected chi connectivity index (χ1v) is 7.15. The molecule has 0 aromatic rings. The molecule has 1 fully saturated rings. The zero-order chi connectivity index (χ0) is 12.6. The maximum Gasteiger partial charge on any atom is 0.246 e. The lowest BCUT2D eigenvalue weighted by molar-refractivity contribution is -0.145. The standard InChI is InChI=1S/C10H14N2O4S/c1-2-8-10(14)12(5-9(13)11-8)7-3-4-17(15,16)6-7/h3-4,7-8H,2,5-6H2,1H3,(H,11,13). The van der Waals surface area contributed by atoms with Gasteiger partial charge < -0.3 is 10.2 Å². The first-order valence-electron chi connectivity index (χ1n) is 5.44. The Hall–Kier alpha value is -1.37. The van der Waals surface area contributed by atoms with Gasteiger partial charge in [0, 0.05) is 5.41 Å². The number of hydrogen-bond donors (Lipinski definition) is 1. The Balaban J connectivity index is 2.18. The van der Waals surface area contributed by atoms with E-state index in [2.05, 4.69) is 5.32 Å². The van der Waals surface area contributed by atoms with Gasteiger partial charge in [-0.15, -0.1) is 0 Å². The van der Waals surface area contributed by atoms with Gasteiger partial charge in [-0.1, -0.05) is 6.92 Å². The number of piperazine rings is 1. The van der Waals surface area contributed by atoms with Gasteiger partial charge in [-0.3, -0.25) is 9.59 Å². The van der Waals surface area contributed by atoms with Crippen molar-refractivity contribution in [1.82, 2.24) is 10.2 Å². The molecule has 0 aromatic carbocycles. The van der Waals surface area contributed by atoms with E-state index in [1.165, 1.54) is 11.0 Å². The van der Waals surface area contributed by atoms with Crippen LogP contribution in [0.4, 0.5) is 0 Å². The average Bonchev–Trinajstić information content (AvgIpc) is 2.61. The van der Waals surface area contributed by atoms with Crippen molar-refractivity contribution < 1.29 is 18.0 Å². The zero-order valence-electron chi connectivity index (χ0n) is 9.42. The van der Waals surface area contributed by atoms with Crippen LogP contribution in [0.5, 0.6) is 0 Å². The van der Waals surface area contributed by atoms with E-state index in [1.807, 2.05) is 0 Å². The van der Waals surface area contributed by atoms with Crippen LogP contribution >= 0.6 is 0 Å². The third-order valence-corrected chi connectivity index (χ3v) is 4.33. The molecule has 2 atom stereocenters. The number of carbonyl (C=O) groups excluding carboxylic acids is 2. The SMILES string of the molecule is CCC1NC(=O)CN(C2C=CS(=O)(=O)C2)C1=O. The highest BCUT2D eigenvalue weighted by Gasteiger charge is 2.37. The first kappa shape index (κ1) is 12.1. The van der Waals surface area contributed by atoms with Gasteiger partial charge in [-0.25, -0.2) is 8.42 Å². The summed E-state index contributed by atoms with van der Waals surface area (Å²) >= 11 is 0. The normalized spacial score (nSPS) is 31.7. The number of nitrogens with one attached hydrogen (secondary N) is 1. The molecule has 0 aliphatic carbocycles. The van der Waals surface area contributed by atoms with Crippen molar-refractivity contribution in [2.45, 2.75) is 25.4 Å². The van der Waals surface area contributed by atoms with Crippen LogP contribution < -0.4 is 5.32 Å². The van der Waals surface area contributed by atoms with Gasteiger partial charge in [0.1, 0.15) is 12.6 Å². The molecule has 2 unspecified atom stereocenters. The van der Waals surface area contributed by atoms with Crippen LogP contribution in [0.1, 0.15) is 13.3 Å². The summed E-state index contributed by atoms with van der Waals surface area (Å²) in [6.07, 6.45) is 1.98. The molecule has 1 N–H and O–H groups in total. The quantitative estimate of drug-likeness (QED) is 0.691. The Bertz CT molecular complexity index is 483. The molecular weight excluding hydrogens is 244 g/mol. The molecule has 0 radical (unpaired) electrons. The van der Waals surface area contributed by atoms with Gasteiger partial charge in [0.15, 0.2) is 9.84 Å². The summed E-state index contributed by atoms with van der Waals surface area (Å²) in [6, 6.07) is -1.04. The van der Waals surface area contributed by atoms with Gasteiger partial charge in [0.25, 0.3) is 0 Å². The minimum absolute atomic E-state index is 0.0696. The number of sulfone groups is 1. The van der Waals surface area contributed by atoms with Gasteiger partial charge in [0.05, 0.1) is 11.8 Å². The molecule has 7 heteroatoms. The fourth-order valence-corrected chi connectivity index (χ4v) is 3.34. The molecule has 94 valence electrons. The number of rotatable bonds is 2. The van der Waals surface area contributed by atoms with Crippen LogP contribution in [0.2, 0.25) is 0 Å². The molecule has 2 amide bonds. The summed E-state index contributed by atoms with van der Waals surface area (Å²) in [5.41, 5.74) is 0. The molecule has 0 saturated carbocycles. The van der Waals surface area contributed by atoms with Crippen molar-refractivity contribution in [3.8, 4) is 0 Å². The lowest BCUT2D eigenvalue weighted by Crippen LogP contribution is -2.60. The Kier molecular flexibility index (Phi) is 2.94. The van der Waals surface area contributed by atoms with E-state index in [0.29, 0.717) is 6.42 Å². The van der Waals surface area contributed by atoms with E-state index in [9.17, 15) is 18.0 Å². The number of carbonyl (C=O) groups is 2. The third-order valence-electron chi connectivity index (χ3n) is 2.95. The molecule has 2 heterocycles. The van der Waals surface area contributed by atoms with Crippen LogP contribution in [0, 0.1) is 0 Å². The minimum Gasteiger partial charge on any atom is -0.343 e. The second-order valence-electron chi connectivity index (χ2n) is 4.22. The highest BCUT2D eigenvalue weighted by Crippen LogP contribution is 2.18. The van der Waals surface area contributed by atoms with Crippen molar-refractivity contribution in [1.29, 1.82) is 0 Å². The Morgan fingerprint density at radius 3 is 2.71 bits per heavy atom. The highest BCUT2D eigenvalue weighted by atomic mass is 32.2. The van der Waals surface area contributed by atoms with E-state index in [0.717, 1.165) is 5.41 Å². The van der Waals surface area contributed by atoms with Crippen LogP contribution in [-0.4, -0.2) is 49.5 Å². The lowest BCUT2D eigenvalue weighted by Gasteiger charge is -2.35. The van der Waals surface area contributed by atoms with Crippen LogP contribution in [0.3, 0.4) is 0 Å². The summed E-state index contributed by atoms with van der Waals surface area (Å²) in [7, 11) is -3.22. The van der Waals surface area contributed by atoms with Gasteiger partial charge in [-0.05, 0) is 12.5 Å². The van der Waals surface area contributed by atoms with Crippen LogP contribution in [-0.2, 0) is 19.4 Å². The Morgan fingerprint density at radius 2 is 2.18 bits per heavy atom. The summed E-state index contributed by atoms with van der Waals surface area (Å²) in [5.74, 6) is -0.573. The van der Waals surface area contributed by atoms with Crippen molar-refractivity contribution in [2.75, 3.05) is 12.3 Å². The number of amides is 2. The minimum atomic E-state index is -3.22. The molecule has 6 nitrogen and oxygen atoms in total. The van der Waals surface area contributed by atoms with Crippen LogP contribution in [0.15, 0.2) is 11.5 Å². The molecule has 0 bridgehead atoms. The van der Waals surface area contributed by atoms with Crippen molar-refractivity contribution in [3.63, 3.8) is 0 Å². The molecule has 17 heavy (non-hydrogen) atoms. The number of nitrogens with zero attached hydrogens (tertiary/aromatic N) is 1. The summed E-state index contributed by atoms with van der Waals surface area (Å²) in [4.78, 5) is 24.8. The van der Waals surface area contributed by atoms with Gasteiger partial charge >= 0.3 is 0 Å². The average molecular weight is 258 g/mol. The van der Waals surface area contributed by atoms with Crippen molar-refractivity contribution >= 4 is 21.7 Å². The zero-order valence-corrected chi connectivity index (χ0v) is 10.2. The van der Waals surface area contributed by atoms with E-state index in [4.69, 9.17) is 0 Å². The summed E-state index contributed by atoms with van der Waals surface area (Å²) in [6.45, 7) is 1.73. The predicted molar refractivity (Wildman–Crippen MR) is 60.6 cm³/mol. The maximum absolute atomic E-state index is 12.0. The monoisotopic (exact) mass is 258 g/mol. The smallest absolute Gasteiger partial charge is 0.246 e. The lowest BCUT2D eigenvalue weighted by atomic mass is 10.1. The molecule has 2 aliphatic rings. The van der Waals surface area contributed by atoms with Gasteiger partial charge in [0.2, 0.25) is 11.8 Å². The molecule has 1 saturated heterocycles. The summed E-state index contributed by atoms with van der Waals surface area (Å²) in [5, 5.41) is 3.70. The fraction of sp³-hybridized carbons (Fsp3) is 0.600. The summed E-state index contributed by atoms with van der Waals surface area (Å²) < 4.78 is 22.6. The van der Waals surface area contributed by atoms with E-state index < -0.39 is 21.9 Å². The van der Waals surface area contributed by atoms with E-state index in [-0.39, 0.29) is 24.1 Å². The number of hydrogen-bond acceptors (Lipinski definition) is 4. The topological polar surface area (TPSA) is 83.6 Å². The second-order valence-corrected chi connectivity index (χ2v) is 6.15. The molecular formula is C10H14N2O4S. The molecule has 2 aliphatic heterocycles. The van der Waals surface area contributed by atoms with E-state index >= 15 is 0 Å². The van der Waals surface area contributed by atoms with Gasteiger partial charge in [-0.2, -0.15) is 0 Å². The van der Waals surface area contributed by atoms with Crippen LogP contribution in [0.25, 0.3) is 0 Å². The van der Waals surface area contributed by atoms with E-state index in [1.54, 1.807) is 6.92 Å². The third kappa shape index (κ3) is 2.33. The predicted octanol–water partition coefficient (Wildman–Crippen LogP) is -0.966. The Labute approximate surface area is 99.6 Å². The van der Waals surface area contributed by atoms with Crippen molar-refractivity contribution in [2.24, 2.45) is 0 Å². The largest absolute Gasteiger partial charge is 0.343 e.